The van der Waals surface area contributed by atoms with E-state index in [2.05, 4.69) is 9.82 Å². The number of hydrogen-bond donors (Lipinski definition) is 2. The molecule has 3 rings (SSSR count). The number of methoxy groups -OCH3 is 1. The van der Waals surface area contributed by atoms with Crippen LogP contribution in [0.2, 0.25) is 0 Å². The van der Waals surface area contributed by atoms with Crippen molar-refractivity contribution in [2.75, 3.05) is 11.8 Å². The van der Waals surface area contributed by atoms with Crippen molar-refractivity contribution in [2.45, 2.75) is 6.92 Å². The molecule has 0 spiro atoms. The zero-order chi connectivity index (χ0) is 18.7. The summed E-state index contributed by atoms with van der Waals surface area (Å²) >= 11 is 0. The molecule has 0 aliphatic rings. The number of aromatic nitrogens is 2. The molecule has 3 aromatic rings. The molecule has 2 aromatic carbocycles. The fraction of sp³-hybridized carbons (Fsp3) is 0.111. The minimum absolute atomic E-state index is 0.188. The van der Waals surface area contributed by atoms with Gasteiger partial charge in [-0.15, -0.1) is 0 Å². The van der Waals surface area contributed by atoms with Crippen LogP contribution in [0, 0.1) is 6.92 Å². The Morgan fingerprint density at radius 1 is 1.08 bits per heavy atom. The predicted molar refractivity (Wildman–Crippen MR) is 99.0 cm³/mol. The number of rotatable bonds is 5. The highest BCUT2D eigenvalue weighted by Gasteiger charge is 2.17. The highest BCUT2D eigenvalue weighted by Crippen LogP contribution is 2.25. The summed E-state index contributed by atoms with van der Waals surface area (Å²) in [5, 5.41) is 4.34. The molecule has 1 aromatic heterocycles. The summed E-state index contributed by atoms with van der Waals surface area (Å²) in [5.74, 6) is -0.529. The van der Waals surface area contributed by atoms with E-state index in [-0.39, 0.29) is 5.69 Å². The molecule has 1 N–H and O–H groups in total. The average Bonchev–Trinajstić information content (AvgIpc) is 3.07. The third-order valence-corrected chi connectivity index (χ3v) is 4.22. The van der Waals surface area contributed by atoms with Crippen molar-refractivity contribution in [3.8, 4) is 16.9 Å². The number of carbonyl (C=O) groups is 1. The summed E-state index contributed by atoms with van der Waals surface area (Å²) in [6, 6.07) is 16.2. The molecule has 0 saturated heterocycles. The van der Waals surface area contributed by atoms with Gasteiger partial charge in [-0.05, 0) is 37.3 Å². The lowest BCUT2D eigenvalue weighted by Crippen LogP contribution is -2.04. The number of nitrogens with one attached hydrogen (secondary N) is 1. The Balaban J connectivity index is 2.08. The molecule has 8 heteroatoms. The molecule has 0 aliphatic carbocycles. The second-order valence-electron chi connectivity index (χ2n) is 5.60. The number of esters is 1. The second kappa shape index (κ2) is 7.40. The van der Waals surface area contributed by atoms with E-state index in [9.17, 15) is 13.2 Å². The van der Waals surface area contributed by atoms with Crippen LogP contribution < -0.4 is 4.72 Å². The molecular weight excluding hydrogens is 354 g/mol. The van der Waals surface area contributed by atoms with E-state index in [0.29, 0.717) is 11.4 Å². The summed E-state index contributed by atoms with van der Waals surface area (Å²) in [4.78, 5) is 11.9. The van der Waals surface area contributed by atoms with E-state index in [4.69, 9.17) is 4.74 Å². The predicted octanol–water partition coefficient (Wildman–Crippen LogP) is 2.57. The third kappa shape index (κ3) is 3.75. The minimum atomic E-state index is -2.73. The van der Waals surface area contributed by atoms with Gasteiger partial charge in [-0.25, -0.2) is 17.9 Å². The van der Waals surface area contributed by atoms with E-state index in [1.54, 1.807) is 35.0 Å². The normalized spacial score (nSPS) is 10.7. The number of aryl methyl sites for hydroxylation is 1. The van der Waals surface area contributed by atoms with Crippen LogP contribution in [-0.4, -0.2) is 31.3 Å². The minimum Gasteiger partial charge on any atom is -0.464 e. The zero-order valence-corrected chi connectivity index (χ0v) is 15.1. The maximum absolute atomic E-state index is 11.9. The molecule has 0 atom stereocenters. The van der Waals surface area contributed by atoms with Gasteiger partial charge in [0.1, 0.15) is 0 Å². The maximum Gasteiger partial charge on any atom is 0.358 e. The molecule has 1 heterocycles. The van der Waals surface area contributed by atoms with Crippen molar-refractivity contribution < 1.29 is 17.9 Å². The first kappa shape index (κ1) is 17.7. The van der Waals surface area contributed by atoms with E-state index >= 15 is 0 Å². The highest BCUT2D eigenvalue weighted by molar-refractivity contribution is 7.73. The van der Waals surface area contributed by atoms with Crippen molar-refractivity contribution in [1.29, 1.82) is 0 Å². The number of thiol groups is 1. The third-order valence-electron chi connectivity index (χ3n) is 3.78. The summed E-state index contributed by atoms with van der Waals surface area (Å²) < 4.78 is 30.2. The molecule has 0 amide bonds. The van der Waals surface area contributed by atoms with Gasteiger partial charge in [-0.1, -0.05) is 29.8 Å². The van der Waals surface area contributed by atoms with E-state index in [1.807, 2.05) is 31.2 Å². The Bertz CT molecular complexity index is 998. The first-order chi connectivity index (χ1) is 12.5. The Kier molecular flexibility index (Phi) is 5.04. The van der Waals surface area contributed by atoms with Crippen LogP contribution in [0.1, 0.15) is 16.1 Å². The topological polar surface area (TPSA) is 90.3 Å². The van der Waals surface area contributed by atoms with Crippen molar-refractivity contribution in [1.82, 2.24) is 9.78 Å². The first-order valence-corrected chi connectivity index (χ1v) is 8.92. The molecule has 0 aliphatic heterocycles. The lowest BCUT2D eigenvalue weighted by atomic mass is 10.1. The number of nitrogens with zero attached hydrogens (tertiary/aromatic N) is 2. The molecule has 0 fully saturated rings. The lowest BCUT2D eigenvalue weighted by Gasteiger charge is -2.09. The smallest absolute Gasteiger partial charge is 0.358 e. The molecule has 7 nitrogen and oxygen atoms in total. The molecule has 0 saturated carbocycles. The van der Waals surface area contributed by atoms with Crippen molar-refractivity contribution >= 4 is 22.5 Å². The number of anilines is 1. The van der Waals surface area contributed by atoms with Gasteiger partial charge in [-0.2, -0.15) is 5.10 Å². The van der Waals surface area contributed by atoms with Crippen LogP contribution in [0.4, 0.5) is 5.69 Å². The van der Waals surface area contributed by atoms with Gasteiger partial charge in [0.2, 0.25) is 10.9 Å². The van der Waals surface area contributed by atoms with Gasteiger partial charge in [0.15, 0.2) is 5.69 Å². The monoisotopic (exact) mass is 371 g/mol. The van der Waals surface area contributed by atoms with E-state index in [1.165, 1.54) is 7.11 Å². The first-order valence-electron chi connectivity index (χ1n) is 7.75. The Morgan fingerprint density at radius 3 is 2.31 bits per heavy atom. The van der Waals surface area contributed by atoms with Crippen LogP contribution in [0.15, 0.2) is 54.6 Å². The standard InChI is InChI=1S/C18H17N3O4S/c1-12-3-5-13(6-4-12)17-11-16(18(22)25-2)19-21(17)15-9-7-14(8-10-15)20-26(23)24/h3-11,26H,1-2H3,(H,20,23,24). The molecule has 0 radical (unpaired) electrons. The van der Waals surface area contributed by atoms with Gasteiger partial charge in [-0.3, -0.25) is 4.72 Å². The van der Waals surface area contributed by atoms with Gasteiger partial charge >= 0.3 is 5.97 Å². The Morgan fingerprint density at radius 2 is 1.73 bits per heavy atom. The van der Waals surface area contributed by atoms with E-state index in [0.717, 1.165) is 16.8 Å². The van der Waals surface area contributed by atoms with Gasteiger partial charge < -0.3 is 4.74 Å². The fourth-order valence-corrected chi connectivity index (χ4v) is 2.85. The van der Waals surface area contributed by atoms with Crippen molar-refractivity contribution in [3.05, 3.63) is 65.9 Å². The quantitative estimate of drug-likeness (QED) is 0.531. The highest BCUT2D eigenvalue weighted by atomic mass is 32.2. The molecule has 134 valence electrons. The van der Waals surface area contributed by atoms with Gasteiger partial charge in [0.05, 0.1) is 18.5 Å². The molecular formula is C18H17N3O4S. The number of benzene rings is 2. The summed E-state index contributed by atoms with van der Waals surface area (Å²) in [5.41, 5.74) is 4.05. The van der Waals surface area contributed by atoms with E-state index < -0.39 is 16.9 Å². The van der Waals surface area contributed by atoms with Crippen molar-refractivity contribution in [2.24, 2.45) is 0 Å². The van der Waals surface area contributed by atoms with Crippen molar-refractivity contribution in [3.63, 3.8) is 0 Å². The summed E-state index contributed by atoms with van der Waals surface area (Å²) in [7, 11) is -1.42. The number of carbonyl (C=O) groups excluding carboxylic acids is 1. The molecule has 0 bridgehead atoms. The summed E-state index contributed by atoms with van der Waals surface area (Å²) in [6.07, 6.45) is 0. The van der Waals surface area contributed by atoms with Crippen LogP contribution >= 0.6 is 0 Å². The Hall–Kier alpha value is -3.13. The van der Waals surface area contributed by atoms with Gasteiger partial charge in [0, 0.05) is 11.3 Å². The van der Waals surface area contributed by atoms with Crippen LogP contribution in [-0.2, 0) is 15.6 Å². The van der Waals surface area contributed by atoms with Gasteiger partial charge in [0.25, 0.3) is 0 Å². The van der Waals surface area contributed by atoms with Crippen LogP contribution in [0.3, 0.4) is 0 Å². The maximum atomic E-state index is 11.9. The fourth-order valence-electron chi connectivity index (χ4n) is 2.49. The van der Waals surface area contributed by atoms with Crippen LogP contribution in [0.25, 0.3) is 16.9 Å². The number of ether oxygens (including phenoxy) is 1. The zero-order valence-electron chi connectivity index (χ0n) is 14.2. The molecule has 0 unspecified atom stereocenters. The lowest BCUT2D eigenvalue weighted by molar-refractivity contribution is 0.0593. The summed E-state index contributed by atoms with van der Waals surface area (Å²) in [6.45, 7) is 1.99. The second-order valence-corrected chi connectivity index (χ2v) is 6.34. The molecule has 26 heavy (non-hydrogen) atoms. The Labute approximate surface area is 152 Å². The SMILES string of the molecule is COC(=O)c1cc(-c2ccc(C)cc2)n(-c2ccc(N[SH](=O)=O)cc2)n1. The van der Waals surface area contributed by atoms with Crippen LogP contribution in [0.5, 0.6) is 0 Å². The number of hydrogen-bond acceptors (Lipinski definition) is 5. The largest absolute Gasteiger partial charge is 0.464 e. The average molecular weight is 371 g/mol.